The van der Waals surface area contributed by atoms with Gasteiger partial charge in [0, 0.05) is 50.6 Å². The van der Waals surface area contributed by atoms with Crippen LogP contribution in [0.3, 0.4) is 0 Å². The first kappa shape index (κ1) is 26.0. The summed E-state index contributed by atoms with van der Waals surface area (Å²) in [5.41, 5.74) is 5.92. The molecule has 2 aromatic rings. The molecule has 11 heteroatoms. The van der Waals surface area contributed by atoms with E-state index in [2.05, 4.69) is 10.00 Å². The number of hydrogen-bond acceptors (Lipinski definition) is 5. The molecule has 4 rings (SSSR count). The van der Waals surface area contributed by atoms with Gasteiger partial charge in [0.2, 0.25) is 0 Å². The summed E-state index contributed by atoms with van der Waals surface area (Å²) < 4.78 is 41.9. The number of benzene rings is 1. The maximum atomic E-state index is 13.6. The molecule has 0 spiro atoms. The lowest BCUT2D eigenvalue weighted by Crippen LogP contribution is -2.36. The van der Waals surface area contributed by atoms with Gasteiger partial charge >= 0.3 is 12.2 Å². The molecule has 196 valence electrons. The third-order valence-electron chi connectivity index (χ3n) is 7.59. The fraction of sp³-hybridized carbons (Fsp3) is 0.560. The van der Waals surface area contributed by atoms with Gasteiger partial charge in [-0.25, -0.2) is 4.79 Å². The maximum Gasteiger partial charge on any atom is 0.418 e. The molecule has 0 bridgehead atoms. The van der Waals surface area contributed by atoms with Crippen LogP contribution in [-0.2, 0) is 12.7 Å². The number of fused-ring (bicyclic) bond motifs is 1. The zero-order valence-corrected chi connectivity index (χ0v) is 20.8. The Morgan fingerprint density at radius 2 is 1.78 bits per heavy atom. The fourth-order valence-corrected chi connectivity index (χ4v) is 5.64. The Balaban J connectivity index is 1.38. The number of anilines is 1. The van der Waals surface area contributed by atoms with Crippen LogP contribution < -0.4 is 10.6 Å². The molecule has 8 nitrogen and oxygen atoms in total. The summed E-state index contributed by atoms with van der Waals surface area (Å²) in [4.78, 5) is 29.8. The highest BCUT2D eigenvalue weighted by Crippen LogP contribution is 2.41. The average molecular weight is 507 g/mol. The van der Waals surface area contributed by atoms with E-state index in [1.54, 1.807) is 21.9 Å². The lowest BCUT2D eigenvalue weighted by Gasteiger charge is -2.29. The fourth-order valence-electron chi connectivity index (χ4n) is 5.64. The van der Waals surface area contributed by atoms with E-state index in [1.807, 2.05) is 20.9 Å². The van der Waals surface area contributed by atoms with Crippen LogP contribution in [0.4, 0.5) is 23.7 Å². The van der Waals surface area contributed by atoms with E-state index in [0.717, 1.165) is 23.1 Å². The summed E-state index contributed by atoms with van der Waals surface area (Å²) in [6.07, 6.45) is 0.0767. The first-order chi connectivity index (χ1) is 17.0. The van der Waals surface area contributed by atoms with Crippen LogP contribution in [-0.4, -0.2) is 70.8 Å². The maximum absolute atomic E-state index is 13.6. The molecule has 2 aliphatic rings. The number of likely N-dealkylation sites (tertiary alicyclic amines) is 1. The number of hydrogen-bond donors (Lipinski definition) is 1. The van der Waals surface area contributed by atoms with Gasteiger partial charge < -0.3 is 15.5 Å². The smallest absolute Gasteiger partial charge is 0.372 e. The Morgan fingerprint density at radius 3 is 2.31 bits per heavy atom. The molecule has 1 aromatic heterocycles. The van der Waals surface area contributed by atoms with Gasteiger partial charge in [-0.15, -0.1) is 0 Å². The summed E-state index contributed by atoms with van der Waals surface area (Å²) in [6, 6.07) is 4.47. The summed E-state index contributed by atoms with van der Waals surface area (Å²) >= 11 is 0. The number of amides is 2. The summed E-state index contributed by atoms with van der Waals surface area (Å²) in [7, 11) is 2.01. The van der Waals surface area contributed by atoms with Crippen molar-refractivity contribution in [3.8, 4) is 0 Å². The minimum atomic E-state index is -4.40. The predicted octanol–water partition coefficient (Wildman–Crippen LogP) is 3.66. The minimum absolute atomic E-state index is 0.192. The second-order valence-corrected chi connectivity index (χ2v) is 9.81. The van der Waals surface area contributed by atoms with E-state index in [-0.39, 0.29) is 17.3 Å². The van der Waals surface area contributed by atoms with Crippen molar-refractivity contribution in [3.05, 3.63) is 47.3 Å². The van der Waals surface area contributed by atoms with Crippen molar-refractivity contribution in [2.45, 2.75) is 45.5 Å². The van der Waals surface area contributed by atoms with Crippen molar-refractivity contribution in [1.82, 2.24) is 19.6 Å². The first-order valence-electron chi connectivity index (χ1n) is 12.3. The van der Waals surface area contributed by atoms with Crippen molar-refractivity contribution in [2.75, 3.05) is 38.1 Å². The van der Waals surface area contributed by atoms with Gasteiger partial charge in [-0.05, 0) is 63.3 Å². The van der Waals surface area contributed by atoms with Gasteiger partial charge in [-0.3, -0.25) is 9.69 Å². The SMILES string of the molecule is CCN(CC)c1cc(CN(C)C2CC3CN(C(=O)n4cc(C(N)=O)cn4)CC3C2)ccc1C(F)(F)F. The number of primary amides is 1. The van der Waals surface area contributed by atoms with Crippen LogP contribution >= 0.6 is 0 Å². The van der Waals surface area contributed by atoms with Crippen LogP contribution in [0.1, 0.15) is 48.2 Å². The first-order valence-corrected chi connectivity index (χ1v) is 12.3. The number of carbonyl (C=O) groups is 2. The van der Waals surface area contributed by atoms with E-state index in [4.69, 9.17) is 5.73 Å². The third kappa shape index (κ3) is 5.21. The average Bonchev–Trinajstić information content (AvgIpc) is 3.54. The van der Waals surface area contributed by atoms with Crippen LogP contribution in [0.15, 0.2) is 30.6 Å². The van der Waals surface area contributed by atoms with Gasteiger partial charge in [-0.1, -0.05) is 6.07 Å². The molecule has 1 saturated heterocycles. The molecular weight excluding hydrogens is 473 g/mol. The van der Waals surface area contributed by atoms with Gasteiger partial charge in [0.1, 0.15) is 0 Å². The second kappa shape index (κ2) is 10.1. The second-order valence-electron chi connectivity index (χ2n) is 9.81. The number of alkyl halides is 3. The number of nitrogens with two attached hydrogens (primary N) is 1. The Morgan fingerprint density at radius 1 is 1.14 bits per heavy atom. The van der Waals surface area contributed by atoms with E-state index in [1.165, 1.54) is 18.5 Å². The topological polar surface area (TPSA) is 87.7 Å². The van der Waals surface area contributed by atoms with Crippen LogP contribution in [0.2, 0.25) is 0 Å². The molecule has 36 heavy (non-hydrogen) atoms. The number of aromatic nitrogens is 2. The lowest BCUT2D eigenvalue weighted by atomic mass is 10.0. The zero-order valence-electron chi connectivity index (χ0n) is 20.8. The highest BCUT2D eigenvalue weighted by atomic mass is 19.4. The molecule has 2 N–H and O–H groups in total. The quantitative estimate of drug-likeness (QED) is 0.619. The molecule has 2 fully saturated rings. The zero-order chi connectivity index (χ0) is 26.2. The van der Waals surface area contributed by atoms with E-state index >= 15 is 0 Å². The minimum Gasteiger partial charge on any atom is -0.372 e. The molecule has 2 unspecified atom stereocenters. The van der Waals surface area contributed by atoms with E-state index in [9.17, 15) is 22.8 Å². The lowest BCUT2D eigenvalue weighted by molar-refractivity contribution is -0.137. The number of nitrogens with zero attached hydrogens (tertiary/aromatic N) is 5. The standard InChI is InChI=1S/C25H33F3N6O2/c1-4-32(5-2)22-8-16(6-7-21(22)25(26,27)28)12-31(3)20-9-17-13-33(14-18(17)10-20)24(36)34-15-19(11-30-34)23(29)35/h6-8,11,15,17-18,20H,4-5,9-10,12-14H2,1-3H3,(H2,29,35). The van der Waals surface area contributed by atoms with Gasteiger partial charge in [0.25, 0.3) is 5.91 Å². The molecule has 1 aliphatic carbocycles. The summed E-state index contributed by atoms with van der Waals surface area (Å²) in [5.74, 6) is 0.0771. The van der Waals surface area contributed by atoms with E-state index < -0.39 is 17.6 Å². The molecule has 2 amide bonds. The Bertz CT molecular complexity index is 1100. The molecule has 0 radical (unpaired) electrons. The molecule has 2 atom stereocenters. The van der Waals surface area contributed by atoms with Crippen LogP contribution in [0.5, 0.6) is 0 Å². The highest BCUT2D eigenvalue weighted by molar-refractivity contribution is 5.93. The summed E-state index contributed by atoms with van der Waals surface area (Å²) in [6.45, 7) is 6.51. The molecule has 1 saturated carbocycles. The normalized spacial score (nSPS) is 21.8. The number of rotatable bonds is 7. The van der Waals surface area contributed by atoms with Crippen molar-refractivity contribution in [3.63, 3.8) is 0 Å². The third-order valence-corrected chi connectivity index (χ3v) is 7.59. The number of halogens is 3. The monoisotopic (exact) mass is 506 g/mol. The largest absolute Gasteiger partial charge is 0.418 e. The van der Waals surface area contributed by atoms with Crippen LogP contribution in [0, 0.1) is 11.8 Å². The predicted molar refractivity (Wildman–Crippen MR) is 130 cm³/mol. The van der Waals surface area contributed by atoms with Crippen molar-refractivity contribution >= 4 is 17.6 Å². The van der Waals surface area contributed by atoms with E-state index in [0.29, 0.717) is 50.6 Å². The van der Waals surface area contributed by atoms with Crippen molar-refractivity contribution in [2.24, 2.45) is 17.6 Å². The Kier molecular flexibility index (Phi) is 7.31. The van der Waals surface area contributed by atoms with Crippen molar-refractivity contribution in [1.29, 1.82) is 0 Å². The van der Waals surface area contributed by atoms with Gasteiger partial charge in [0.05, 0.1) is 17.3 Å². The molecule has 1 aliphatic heterocycles. The number of carbonyl (C=O) groups excluding carboxylic acids is 2. The molecular formula is C25H33F3N6O2. The van der Waals surface area contributed by atoms with Gasteiger partial charge in [-0.2, -0.15) is 23.0 Å². The molecule has 2 heterocycles. The Hall–Kier alpha value is -3.08. The molecule has 1 aromatic carbocycles. The van der Waals surface area contributed by atoms with Gasteiger partial charge in [0.15, 0.2) is 0 Å². The Labute approximate surface area is 208 Å². The van der Waals surface area contributed by atoms with Crippen LogP contribution in [0.25, 0.3) is 0 Å². The summed E-state index contributed by atoms with van der Waals surface area (Å²) in [5, 5.41) is 3.96. The van der Waals surface area contributed by atoms with Crippen molar-refractivity contribution < 1.29 is 22.8 Å². The highest BCUT2D eigenvalue weighted by Gasteiger charge is 2.44.